The van der Waals surface area contributed by atoms with E-state index in [4.69, 9.17) is 0 Å². The molecule has 1 aliphatic heterocycles. The molecule has 1 fully saturated rings. The van der Waals surface area contributed by atoms with Crippen molar-refractivity contribution in [1.29, 1.82) is 0 Å². The highest BCUT2D eigenvalue weighted by atomic mass is 16.1. The van der Waals surface area contributed by atoms with Gasteiger partial charge in [-0.1, -0.05) is 0 Å². The summed E-state index contributed by atoms with van der Waals surface area (Å²) in [6, 6.07) is 1.88. The van der Waals surface area contributed by atoms with Gasteiger partial charge < -0.3 is 9.88 Å². The van der Waals surface area contributed by atoms with Crippen molar-refractivity contribution in [3.05, 3.63) is 24.0 Å². The van der Waals surface area contributed by atoms with Crippen molar-refractivity contribution in [3.8, 4) is 0 Å². The minimum atomic E-state index is -0.00972. The SMILES string of the molecule is CC(C(=O)c1ccn(C)c1)N1CCNCC1. The van der Waals surface area contributed by atoms with Gasteiger partial charge in [-0.15, -0.1) is 0 Å². The average molecular weight is 221 g/mol. The molecule has 0 spiro atoms. The third kappa shape index (κ3) is 2.33. The van der Waals surface area contributed by atoms with Crippen LogP contribution in [0.5, 0.6) is 0 Å². The number of aryl methyl sites for hydroxylation is 1. The Bertz CT molecular complexity index is 366. The summed E-state index contributed by atoms with van der Waals surface area (Å²) in [5.74, 6) is 0.225. The van der Waals surface area contributed by atoms with Gasteiger partial charge in [-0.25, -0.2) is 0 Å². The predicted octanol–water partition coefficient (Wildman–Crippen LogP) is 0.501. The van der Waals surface area contributed by atoms with Gasteiger partial charge in [0.05, 0.1) is 6.04 Å². The smallest absolute Gasteiger partial charge is 0.181 e. The van der Waals surface area contributed by atoms with Crippen LogP contribution in [0.2, 0.25) is 0 Å². The molecule has 0 aliphatic carbocycles. The van der Waals surface area contributed by atoms with Gasteiger partial charge in [0.1, 0.15) is 0 Å². The first kappa shape index (κ1) is 11.4. The fourth-order valence-electron chi connectivity index (χ4n) is 2.13. The highest BCUT2D eigenvalue weighted by Gasteiger charge is 2.23. The largest absolute Gasteiger partial charge is 0.357 e. The first-order chi connectivity index (χ1) is 7.68. The van der Waals surface area contributed by atoms with Crippen molar-refractivity contribution in [1.82, 2.24) is 14.8 Å². The van der Waals surface area contributed by atoms with Gasteiger partial charge in [-0.3, -0.25) is 9.69 Å². The number of nitrogens with zero attached hydrogens (tertiary/aromatic N) is 2. The van der Waals surface area contributed by atoms with Crippen LogP contribution in [0.1, 0.15) is 17.3 Å². The molecule has 0 aromatic carbocycles. The van der Waals surface area contributed by atoms with E-state index in [1.54, 1.807) is 0 Å². The van der Waals surface area contributed by atoms with Gasteiger partial charge in [0.15, 0.2) is 5.78 Å². The number of Topliss-reactive ketones (excluding diaryl/α,β-unsaturated/α-hetero) is 1. The van der Waals surface area contributed by atoms with E-state index >= 15 is 0 Å². The first-order valence-corrected chi connectivity index (χ1v) is 5.79. The van der Waals surface area contributed by atoms with Crippen LogP contribution < -0.4 is 5.32 Å². The Morgan fingerprint density at radius 2 is 2.12 bits per heavy atom. The lowest BCUT2D eigenvalue weighted by Crippen LogP contribution is -2.50. The van der Waals surface area contributed by atoms with Crippen molar-refractivity contribution < 1.29 is 4.79 Å². The number of hydrogen-bond donors (Lipinski definition) is 1. The van der Waals surface area contributed by atoms with Crippen LogP contribution in [-0.4, -0.2) is 47.5 Å². The number of rotatable bonds is 3. The van der Waals surface area contributed by atoms with Crippen LogP contribution in [0.25, 0.3) is 0 Å². The summed E-state index contributed by atoms with van der Waals surface area (Å²) in [5, 5.41) is 3.30. The quantitative estimate of drug-likeness (QED) is 0.755. The van der Waals surface area contributed by atoms with Crippen molar-refractivity contribution in [2.75, 3.05) is 26.2 Å². The summed E-state index contributed by atoms with van der Waals surface area (Å²) in [7, 11) is 1.94. The Morgan fingerprint density at radius 3 is 2.69 bits per heavy atom. The van der Waals surface area contributed by atoms with E-state index in [1.165, 1.54) is 0 Å². The number of piperazine rings is 1. The predicted molar refractivity (Wildman–Crippen MR) is 63.6 cm³/mol. The molecule has 0 amide bonds. The topological polar surface area (TPSA) is 37.3 Å². The number of carbonyl (C=O) groups excluding carboxylic acids is 1. The highest BCUT2D eigenvalue weighted by molar-refractivity contribution is 5.99. The lowest BCUT2D eigenvalue weighted by atomic mass is 10.1. The summed E-state index contributed by atoms with van der Waals surface area (Å²) in [5.41, 5.74) is 0.813. The fraction of sp³-hybridized carbons (Fsp3) is 0.583. The Labute approximate surface area is 96.2 Å². The molecule has 88 valence electrons. The van der Waals surface area contributed by atoms with Gasteiger partial charge >= 0.3 is 0 Å². The second kappa shape index (κ2) is 4.80. The summed E-state index contributed by atoms with van der Waals surface area (Å²) in [6.45, 7) is 5.87. The molecule has 1 aromatic heterocycles. The maximum Gasteiger partial charge on any atom is 0.181 e. The molecule has 1 unspecified atom stereocenters. The van der Waals surface area contributed by atoms with E-state index in [-0.39, 0.29) is 11.8 Å². The molecule has 16 heavy (non-hydrogen) atoms. The monoisotopic (exact) mass is 221 g/mol. The normalized spacial score (nSPS) is 19.6. The van der Waals surface area contributed by atoms with Crippen molar-refractivity contribution in [2.24, 2.45) is 7.05 Å². The molecule has 4 heteroatoms. The molecule has 1 atom stereocenters. The van der Waals surface area contributed by atoms with E-state index in [1.807, 2.05) is 37.0 Å². The third-order valence-corrected chi connectivity index (χ3v) is 3.20. The third-order valence-electron chi connectivity index (χ3n) is 3.20. The summed E-state index contributed by atoms with van der Waals surface area (Å²) < 4.78 is 1.91. The van der Waals surface area contributed by atoms with E-state index in [0.717, 1.165) is 31.7 Å². The molecular formula is C12H19N3O. The second-order valence-electron chi connectivity index (χ2n) is 4.39. The van der Waals surface area contributed by atoms with Crippen LogP contribution in [-0.2, 0) is 7.05 Å². The van der Waals surface area contributed by atoms with Crippen LogP contribution >= 0.6 is 0 Å². The van der Waals surface area contributed by atoms with Crippen molar-refractivity contribution >= 4 is 5.78 Å². The highest BCUT2D eigenvalue weighted by Crippen LogP contribution is 2.10. The van der Waals surface area contributed by atoms with E-state index < -0.39 is 0 Å². The van der Waals surface area contributed by atoms with Gasteiger partial charge in [0.2, 0.25) is 0 Å². The van der Waals surface area contributed by atoms with E-state index in [9.17, 15) is 4.79 Å². The van der Waals surface area contributed by atoms with Crippen LogP contribution in [0.4, 0.5) is 0 Å². The Morgan fingerprint density at radius 1 is 1.44 bits per heavy atom. The fourth-order valence-corrected chi connectivity index (χ4v) is 2.13. The lowest BCUT2D eigenvalue weighted by Gasteiger charge is -2.31. The number of ketones is 1. The second-order valence-corrected chi connectivity index (χ2v) is 4.39. The molecule has 4 nitrogen and oxygen atoms in total. The Balaban J connectivity index is 2.03. The number of carbonyl (C=O) groups is 1. The zero-order valence-corrected chi connectivity index (χ0v) is 9.94. The van der Waals surface area contributed by atoms with Crippen molar-refractivity contribution in [3.63, 3.8) is 0 Å². The molecule has 2 rings (SSSR count). The molecule has 0 bridgehead atoms. The van der Waals surface area contributed by atoms with Crippen LogP contribution in [0, 0.1) is 0 Å². The molecule has 1 N–H and O–H groups in total. The zero-order valence-electron chi connectivity index (χ0n) is 9.94. The first-order valence-electron chi connectivity index (χ1n) is 5.79. The molecular weight excluding hydrogens is 202 g/mol. The van der Waals surface area contributed by atoms with Gasteiger partial charge in [-0.05, 0) is 13.0 Å². The maximum absolute atomic E-state index is 12.2. The maximum atomic E-state index is 12.2. The van der Waals surface area contributed by atoms with Crippen LogP contribution in [0.3, 0.4) is 0 Å². The minimum Gasteiger partial charge on any atom is -0.357 e. The Hall–Kier alpha value is -1.13. The molecule has 1 saturated heterocycles. The standard InChI is InChI=1S/C12H19N3O/c1-10(15-7-4-13-5-8-15)12(16)11-3-6-14(2)9-11/h3,6,9-10,13H,4-5,7-8H2,1-2H3. The van der Waals surface area contributed by atoms with E-state index in [2.05, 4.69) is 10.2 Å². The molecule has 1 aliphatic rings. The van der Waals surface area contributed by atoms with Gasteiger partial charge in [0, 0.05) is 51.2 Å². The minimum absolute atomic E-state index is 0.00972. The van der Waals surface area contributed by atoms with Crippen LogP contribution in [0.15, 0.2) is 18.5 Å². The molecule has 0 saturated carbocycles. The lowest BCUT2D eigenvalue weighted by molar-refractivity contribution is 0.0820. The molecule has 1 aromatic rings. The zero-order chi connectivity index (χ0) is 11.5. The summed E-state index contributed by atoms with van der Waals surface area (Å²) in [4.78, 5) is 14.4. The number of aromatic nitrogens is 1. The summed E-state index contributed by atoms with van der Waals surface area (Å²) >= 11 is 0. The molecule has 2 heterocycles. The van der Waals surface area contributed by atoms with Gasteiger partial charge in [-0.2, -0.15) is 0 Å². The van der Waals surface area contributed by atoms with Gasteiger partial charge in [0.25, 0.3) is 0 Å². The van der Waals surface area contributed by atoms with Crippen molar-refractivity contribution in [2.45, 2.75) is 13.0 Å². The molecule has 0 radical (unpaired) electrons. The number of hydrogen-bond acceptors (Lipinski definition) is 3. The average Bonchev–Trinajstić information content (AvgIpc) is 2.75. The number of nitrogens with one attached hydrogen (secondary N) is 1. The summed E-state index contributed by atoms with van der Waals surface area (Å²) in [6.07, 6.45) is 3.80. The Kier molecular flexibility index (Phi) is 3.41. The van der Waals surface area contributed by atoms with E-state index in [0.29, 0.717) is 0 Å².